The topological polar surface area (TPSA) is 132 Å². The van der Waals surface area contributed by atoms with Crippen LogP contribution in [0.25, 0.3) is 0 Å². The largest absolute Gasteiger partial charge is 0.481 e. The second-order valence-electron chi connectivity index (χ2n) is 5.95. The fourth-order valence-corrected chi connectivity index (χ4v) is 2.63. The van der Waals surface area contributed by atoms with E-state index in [1.165, 1.54) is 12.8 Å². The lowest BCUT2D eigenvalue weighted by Gasteiger charge is -2.28. The fraction of sp³-hybridized carbons (Fsp3) is 0.812. The number of carbonyl (C=O) groups is 3. The van der Waals surface area contributed by atoms with Crippen molar-refractivity contribution in [2.45, 2.75) is 76.7 Å². The molecule has 0 bridgehead atoms. The van der Waals surface area contributed by atoms with E-state index in [1.54, 1.807) is 0 Å². The van der Waals surface area contributed by atoms with Gasteiger partial charge in [-0.05, 0) is 6.42 Å². The van der Waals surface area contributed by atoms with E-state index < -0.39 is 35.8 Å². The molecule has 4 N–H and O–H groups in total. The van der Waals surface area contributed by atoms with Crippen molar-refractivity contribution in [3.8, 4) is 0 Å². The van der Waals surface area contributed by atoms with Crippen molar-refractivity contribution < 1.29 is 34.8 Å². The van der Waals surface area contributed by atoms with Gasteiger partial charge >= 0.3 is 17.9 Å². The number of hydrogen-bond donors (Lipinski definition) is 4. The summed E-state index contributed by atoms with van der Waals surface area (Å²) in [4.78, 5) is 33.1. The summed E-state index contributed by atoms with van der Waals surface area (Å²) in [6, 6.07) is 0. The fourth-order valence-electron chi connectivity index (χ4n) is 2.63. The Bertz CT molecular complexity index is 394. The van der Waals surface area contributed by atoms with Crippen LogP contribution < -0.4 is 0 Å². The molecule has 0 spiro atoms. The number of aliphatic carboxylic acids is 3. The van der Waals surface area contributed by atoms with Gasteiger partial charge in [-0.3, -0.25) is 9.59 Å². The smallest absolute Gasteiger partial charge is 0.337 e. The van der Waals surface area contributed by atoms with Crippen LogP contribution in [0.5, 0.6) is 0 Å². The van der Waals surface area contributed by atoms with Crippen LogP contribution in [0.3, 0.4) is 0 Å². The van der Waals surface area contributed by atoms with Gasteiger partial charge in [-0.1, -0.05) is 58.3 Å². The third-order valence-corrected chi connectivity index (χ3v) is 4.01. The van der Waals surface area contributed by atoms with Gasteiger partial charge in [-0.15, -0.1) is 0 Å². The van der Waals surface area contributed by atoms with Crippen LogP contribution in [0.1, 0.15) is 71.1 Å². The van der Waals surface area contributed by atoms with E-state index in [0.29, 0.717) is 6.42 Å². The SMILES string of the molecule is CCCCCCCCCC[C@@H](C(=O)O)[C@@](O)(CC(=O)O)C(=O)O. The molecule has 0 radical (unpaired) electrons. The van der Waals surface area contributed by atoms with Crippen molar-refractivity contribution in [3.05, 3.63) is 0 Å². The van der Waals surface area contributed by atoms with E-state index in [2.05, 4.69) is 6.92 Å². The van der Waals surface area contributed by atoms with E-state index in [9.17, 15) is 19.5 Å². The van der Waals surface area contributed by atoms with Crippen molar-refractivity contribution in [1.29, 1.82) is 0 Å². The van der Waals surface area contributed by atoms with Crippen molar-refractivity contribution in [2.24, 2.45) is 5.92 Å². The zero-order chi connectivity index (χ0) is 17.9. The molecule has 0 aromatic heterocycles. The first-order valence-corrected chi connectivity index (χ1v) is 8.16. The number of aliphatic hydroxyl groups is 1. The molecule has 7 nitrogen and oxygen atoms in total. The zero-order valence-electron chi connectivity index (χ0n) is 13.7. The monoisotopic (exact) mass is 332 g/mol. The van der Waals surface area contributed by atoms with E-state index >= 15 is 0 Å². The molecule has 134 valence electrons. The first-order chi connectivity index (χ1) is 10.8. The van der Waals surface area contributed by atoms with E-state index in [4.69, 9.17) is 15.3 Å². The van der Waals surface area contributed by atoms with E-state index in [1.807, 2.05) is 0 Å². The number of unbranched alkanes of at least 4 members (excludes halogenated alkanes) is 7. The second kappa shape index (κ2) is 11.0. The Balaban J connectivity index is 4.42. The summed E-state index contributed by atoms with van der Waals surface area (Å²) in [5.74, 6) is -6.47. The van der Waals surface area contributed by atoms with E-state index in [-0.39, 0.29) is 6.42 Å². The summed E-state index contributed by atoms with van der Waals surface area (Å²) in [5, 5.41) is 37.0. The highest BCUT2D eigenvalue weighted by Crippen LogP contribution is 2.28. The van der Waals surface area contributed by atoms with Gasteiger partial charge in [0.2, 0.25) is 0 Å². The molecule has 0 aliphatic heterocycles. The molecule has 0 aromatic rings. The molecule has 0 aliphatic carbocycles. The van der Waals surface area contributed by atoms with Crippen LogP contribution in [0, 0.1) is 5.92 Å². The Labute approximate surface area is 136 Å². The lowest BCUT2D eigenvalue weighted by atomic mass is 9.81. The van der Waals surface area contributed by atoms with Gasteiger partial charge in [-0.2, -0.15) is 0 Å². The molecule has 7 heteroatoms. The molecule has 0 rings (SSSR count). The quantitative estimate of drug-likeness (QED) is 0.359. The minimum absolute atomic E-state index is 0.0552. The van der Waals surface area contributed by atoms with Gasteiger partial charge in [0.05, 0.1) is 12.3 Å². The standard InChI is InChI=1S/C16H28O7/c1-2-3-4-5-6-7-8-9-10-12(14(19)20)16(23,15(21)22)11-13(17)18/h12,23H,2-11H2,1H3,(H,17,18)(H,19,20)(H,21,22)/t12-,16-/m0/s1. The molecule has 2 atom stereocenters. The molecular formula is C16H28O7. The zero-order valence-corrected chi connectivity index (χ0v) is 13.7. The minimum atomic E-state index is -2.78. The van der Waals surface area contributed by atoms with Crippen LogP contribution in [-0.2, 0) is 14.4 Å². The first-order valence-electron chi connectivity index (χ1n) is 8.16. The van der Waals surface area contributed by atoms with Gasteiger partial charge in [0.15, 0.2) is 5.60 Å². The summed E-state index contributed by atoms with van der Waals surface area (Å²) in [6.07, 6.45) is 6.60. The van der Waals surface area contributed by atoms with Gasteiger partial charge < -0.3 is 20.4 Å². The Morgan fingerprint density at radius 3 is 1.74 bits per heavy atom. The van der Waals surface area contributed by atoms with Gasteiger partial charge in [0, 0.05) is 0 Å². The maximum atomic E-state index is 11.3. The lowest BCUT2D eigenvalue weighted by Crippen LogP contribution is -2.50. The molecule has 0 saturated heterocycles. The molecule has 0 fully saturated rings. The Morgan fingerprint density at radius 2 is 1.35 bits per heavy atom. The molecule has 0 saturated carbocycles. The van der Waals surface area contributed by atoms with Gasteiger partial charge in [0.1, 0.15) is 0 Å². The highest BCUT2D eigenvalue weighted by atomic mass is 16.4. The number of hydrogen-bond acceptors (Lipinski definition) is 4. The maximum absolute atomic E-state index is 11.3. The van der Waals surface area contributed by atoms with Gasteiger partial charge in [-0.25, -0.2) is 4.79 Å². The van der Waals surface area contributed by atoms with Crippen molar-refractivity contribution in [2.75, 3.05) is 0 Å². The average Bonchev–Trinajstić information content (AvgIpc) is 2.44. The number of carboxylic acids is 3. The summed E-state index contributed by atoms with van der Waals surface area (Å²) in [7, 11) is 0. The molecule has 0 unspecified atom stereocenters. The van der Waals surface area contributed by atoms with Crippen LogP contribution in [-0.4, -0.2) is 43.9 Å². The third kappa shape index (κ3) is 7.97. The second-order valence-corrected chi connectivity index (χ2v) is 5.95. The lowest BCUT2D eigenvalue weighted by molar-refractivity contribution is -0.179. The summed E-state index contributed by atoms with van der Waals surface area (Å²) in [6.45, 7) is 2.13. The molecule has 0 aliphatic rings. The summed E-state index contributed by atoms with van der Waals surface area (Å²) < 4.78 is 0. The Kier molecular flexibility index (Phi) is 10.2. The van der Waals surface area contributed by atoms with E-state index in [0.717, 1.165) is 32.1 Å². The predicted octanol–water partition coefficient (Wildman–Crippen LogP) is 2.51. The highest BCUT2D eigenvalue weighted by Gasteiger charge is 2.49. The first kappa shape index (κ1) is 21.4. The summed E-state index contributed by atoms with van der Waals surface area (Å²) in [5.41, 5.74) is -2.78. The normalized spacial score (nSPS) is 14.9. The Hall–Kier alpha value is -1.63. The molecule has 0 amide bonds. The Morgan fingerprint density at radius 1 is 0.870 bits per heavy atom. The molecule has 0 heterocycles. The minimum Gasteiger partial charge on any atom is -0.481 e. The van der Waals surface area contributed by atoms with Crippen molar-refractivity contribution in [1.82, 2.24) is 0 Å². The van der Waals surface area contributed by atoms with Crippen LogP contribution in [0.4, 0.5) is 0 Å². The highest BCUT2D eigenvalue weighted by molar-refractivity contribution is 5.89. The van der Waals surface area contributed by atoms with Crippen LogP contribution in [0.2, 0.25) is 0 Å². The number of rotatable bonds is 14. The molecule has 23 heavy (non-hydrogen) atoms. The number of carboxylic acid groups (broad SMARTS) is 3. The summed E-state index contributed by atoms with van der Waals surface area (Å²) >= 11 is 0. The van der Waals surface area contributed by atoms with Crippen LogP contribution >= 0.6 is 0 Å². The van der Waals surface area contributed by atoms with Crippen molar-refractivity contribution >= 4 is 17.9 Å². The molecule has 0 aromatic carbocycles. The third-order valence-electron chi connectivity index (χ3n) is 4.01. The average molecular weight is 332 g/mol. The molecular weight excluding hydrogens is 304 g/mol. The predicted molar refractivity (Wildman–Crippen MR) is 83.2 cm³/mol. The maximum Gasteiger partial charge on any atom is 0.337 e. The van der Waals surface area contributed by atoms with Crippen molar-refractivity contribution in [3.63, 3.8) is 0 Å². The van der Waals surface area contributed by atoms with Gasteiger partial charge in [0.25, 0.3) is 0 Å². The van der Waals surface area contributed by atoms with Crippen LogP contribution in [0.15, 0.2) is 0 Å².